The average molecular weight is 521 g/mol. The molecule has 39 heavy (non-hydrogen) atoms. The van der Waals surface area contributed by atoms with Gasteiger partial charge in [0, 0.05) is 29.9 Å². The summed E-state index contributed by atoms with van der Waals surface area (Å²) in [5.41, 5.74) is 4.54. The van der Waals surface area contributed by atoms with Crippen LogP contribution in [0, 0.1) is 11.3 Å². The molecule has 1 fully saturated rings. The minimum absolute atomic E-state index is 0.0133. The van der Waals surface area contributed by atoms with E-state index in [9.17, 15) is 10.1 Å². The van der Waals surface area contributed by atoms with Crippen molar-refractivity contribution in [1.82, 2.24) is 15.2 Å². The number of anilines is 3. The zero-order chi connectivity index (χ0) is 26.8. The van der Waals surface area contributed by atoms with E-state index in [0.717, 1.165) is 11.1 Å². The Morgan fingerprint density at radius 1 is 1.13 bits per heavy atom. The van der Waals surface area contributed by atoms with Gasteiger partial charge in [0.25, 0.3) is 11.8 Å². The number of fused-ring (bicyclic) bond motifs is 1. The molecule has 1 amide bonds. The van der Waals surface area contributed by atoms with Gasteiger partial charge in [0.1, 0.15) is 6.07 Å². The lowest BCUT2D eigenvalue weighted by molar-refractivity contribution is -0.116. The van der Waals surface area contributed by atoms with E-state index in [1.165, 1.54) is 6.20 Å². The summed E-state index contributed by atoms with van der Waals surface area (Å²) in [5, 5.41) is 23.7. The van der Waals surface area contributed by atoms with Crippen molar-refractivity contribution in [3.63, 3.8) is 0 Å². The summed E-state index contributed by atoms with van der Waals surface area (Å²) >= 11 is 0. The van der Waals surface area contributed by atoms with Crippen LogP contribution in [0.3, 0.4) is 0 Å². The van der Waals surface area contributed by atoms with Crippen molar-refractivity contribution in [1.29, 1.82) is 5.26 Å². The molecule has 0 aliphatic carbocycles. The minimum Gasteiger partial charge on any atom is -0.402 e. The van der Waals surface area contributed by atoms with Crippen LogP contribution in [-0.2, 0) is 9.53 Å². The Labute approximate surface area is 224 Å². The van der Waals surface area contributed by atoms with E-state index in [1.807, 2.05) is 61.5 Å². The number of nitrogens with zero attached hydrogens (tertiary/aromatic N) is 6. The van der Waals surface area contributed by atoms with E-state index in [-0.39, 0.29) is 23.9 Å². The molecule has 0 bridgehead atoms. The molecule has 0 radical (unpaired) electrons. The first-order valence-electron chi connectivity index (χ1n) is 12.5. The number of morpholine rings is 1. The highest BCUT2D eigenvalue weighted by Gasteiger charge is 2.29. The van der Waals surface area contributed by atoms with Gasteiger partial charge in [-0.15, -0.1) is 5.10 Å². The van der Waals surface area contributed by atoms with Gasteiger partial charge in [-0.1, -0.05) is 53.6 Å². The maximum Gasteiger partial charge on any atom is 0.317 e. The summed E-state index contributed by atoms with van der Waals surface area (Å²) in [5.74, 6) is -0.215. The molecule has 0 saturated carbocycles. The molecule has 6 rings (SSSR count). The number of benzene rings is 2. The molecule has 1 saturated heterocycles. The maximum atomic E-state index is 13.2. The second-order valence-corrected chi connectivity index (χ2v) is 9.16. The molecule has 0 spiro atoms. The number of amides is 1. The highest BCUT2D eigenvalue weighted by atomic mass is 16.5. The summed E-state index contributed by atoms with van der Waals surface area (Å²) < 4.78 is 11.5. The monoisotopic (exact) mass is 520 g/mol. The first-order valence-corrected chi connectivity index (χ1v) is 12.5. The van der Waals surface area contributed by atoms with E-state index in [1.54, 1.807) is 6.07 Å². The Morgan fingerprint density at radius 2 is 1.95 bits per heavy atom. The van der Waals surface area contributed by atoms with Crippen molar-refractivity contribution in [3.05, 3.63) is 83.6 Å². The van der Waals surface area contributed by atoms with Crippen LogP contribution in [0.4, 0.5) is 17.4 Å². The van der Waals surface area contributed by atoms with E-state index in [0.29, 0.717) is 48.1 Å². The zero-order valence-corrected chi connectivity index (χ0v) is 21.0. The highest BCUT2D eigenvalue weighted by molar-refractivity contribution is 6.19. The van der Waals surface area contributed by atoms with Gasteiger partial charge in [0.15, 0.2) is 5.69 Å². The first-order chi connectivity index (χ1) is 19.1. The fourth-order valence-corrected chi connectivity index (χ4v) is 4.66. The molecule has 2 aromatic heterocycles. The van der Waals surface area contributed by atoms with E-state index < -0.39 is 6.17 Å². The maximum absolute atomic E-state index is 13.2. The van der Waals surface area contributed by atoms with Crippen LogP contribution in [-0.4, -0.2) is 58.8 Å². The molecular formula is C28H24N8O3. The van der Waals surface area contributed by atoms with Crippen molar-refractivity contribution in [2.45, 2.75) is 19.1 Å². The molecule has 0 unspecified atom stereocenters. The Morgan fingerprint density at radius 3 is 2.77 bits per heavy atom. The van der Waals surface area contributed by atoms with Crippen LogP contribution in [0.2, 0.25) is 0 Å². The smallest absolute Gasteiger partial charge is 0.317 e. The lowest BCUT2D eigenvalue weighted by Gasteiger charge is -2.35. The van der Waals surface area contributed by atoms with Crippen molar-refractivity contribution in [2.24, 2.45) is 4.99 Å². The molecule has 4 heterocycles. The van der Waals surface area contributed by atoms with Crippen molar-refractivity contribution < 1.29 is 13.9 Å². The topological polar surface area (TPSA) is 142 Å². The van der Waals surface area contributed by atoms with Crippen molar-refractivity contribution in [2.75, 3.05) is 35.3 Å². The Bertz CT molecular complexity index is 1590. The van der Waals surface area contributed by atoms with Crippen molar-refractivity contribution >= 4 is 29.0 Å². The van der Waals surface area contributed by atoms with Crippen LogP contribution in [0.25, 0.3) is 11.6 Å². The number of carbonyl (C=O) groups is 1. The number of ether oxygens (including phenoxy) is 1. The minimum atomic E-state index is -1.03. The standard InChI is InChI=1S/C28H24N8O3/c1-17-16-38-12-11-36(17)22-13-18(14-29)15-30-24(22)27-34-35-28(39-27)33-25-26(37)31-21-10-6-5-9-20(21)23(32-25)19-7-3-2-4-8-19/h2-10,13,15,17,25H,11-12,16H2,1H3,(H,31,37)(H,33,35)/t17-,25-/m1/s1. The molecule has 2 aliphatic heterocycles. The number of nitrogens with one attached hydrogen (secondary N) is 2. The van der Waals surface area contributed by atoms with Crippen LogP contribution in [0.15, 0.2) is 76.3 Å². The largest absolute Gasteiger partial charge is 0.402 e. The SMILES string of the molecule is C[C@@H]1COCCN1c1cc(C#N)cnc1-c1nnc(N[C@H]2N=C(c3ccccc3)c3ccccc3NC2=O)o1. The summed E-state index contributed by atoms with van der Waals surface area (Å²) in [6.45, 7) is 3.77. The average Bonchev–Trinajstić information content (AvgIpc) is 3.39. The summed E-state index contributed by atoms with van der Waals surface area (Å²) in [6.07, 6.45) is 0.432. The van der Waals surface area contributed by atoms with Gasteiger partial charge in [0.05, 0.1) is 35.9 Å². The number of benzodiazepines with no additional fused rings is 1. The number of aromatic nitrogens is 3. The fraction of sp³-hybridized carbons (Fsp3) is 0.214. The number of nitriles is 1. The Hall–Kier alpha value is -5.08. The van der Waals surface area contributed by atoms with Gasteiger partial charge >= 0.3 is 6.01 Å². The molecule has 2 N–H and O–H groups in total. The van der Waals surface area contributed by atoms with Crippen LogP contribution < -0.4 is 15.5 Å². The van der Waals surface area contributed by atoms with Gasteiger partial charge in [0.2, 0.25) is 6.17 Å². The van der Waals surface area contributed by atoms with Crippen molar-refractivity contribution in [3.8, 4) is 17.7 Å². The number of para-hydroxylation sites is 1. The Balaban J connectivity index is 1.34. The number of hydrogen-bond donors (Lipinski definition) is 2. The second-order valence-electron chi connectivity index (χ2n) is 9.16. The van der Waals surface area contributed by atoms with Gasteiger partial charge < -0.3 is 24.7 Å². The lowest BCUT2D eigenvalue weighted by atomic mass is 10.0. The second kappa shape index (κ2) is 10.4. The summed E-state index contributed by atoms with van der Waals surface area (Å²) in [6, 6.07) is 21.1. The van der Waals surface area contributed by atoms with E-state index in [4.69, 9.17) is 14.1 Å². The molecule has 2 atom stereocenters. The summed E-state index contributed by atoms with van der Waals surface area (Å²) in [4.78, 5) is 24.5. The lowest BCUT2D eigenvalue weighted by Crippen LogP contribution is -2.44. The van der Waals surface area contributed by atoms with Gasteiger partial charge in [-0.3, -0.25) is 4.79 Å². The Kier molecular flexibility index (Phi) is 6.44. The number of hydrogen-bond acceptors (Lipinski definition) is 10. The predicted octanol–water partition coefficient (Wildman–Crippen LogP) is 3.46. The molecular weight excluding hydrogens is 496 g/mol. The normalized spacial score (nSPS) is 18.8. The predicted molar refractivity (Wildman–Crippen MR) is 144 cm³/mol. The van der Waals surface area contributed by atoms with E-state index in [2.05, 4.69) is 36.8 Å². The van der Waals surface area contributed by atoms with Gasteiger partial charge in [-0.05, 0) is 19.1 Å². The number of carbonyl (C=O) groups excluding carboxylic acids is 1. The first kappa shape index (κ1) is 24.3. The number of rotatable bonds is 5. The third-order valence-electron chi connectivity index (χ3n) is 6.56. The zero-order valence-electron chi connectivity index (χ0n) is 21.0. The van der Waals surface area contributed by atoms with Gasteiger partial charge in [-0.2, -0.15) is 5.26 Å². The fourth-order valence-electron chi connectivity index (χ4n) is 4.66. The summed E-state index contributed by atoms with van der Waals surface area (Å²) in [7, 11) is 0. The number of pyridine rings is 1. The number of aliphatic imine (C=N–C) groups is 1. The van der Waals surface area contributed by atoms with Crippen LogP contribution in [0.1, 0.15) is 23.6 Å². The molecule has 11 heteroatoms. The quantitative estimate of drug-likeness (QED) is 0.405. The molecule has 4 aromatic rings. The van der Waals surface area contributed by atoms with Crippen LogP contribution >= 0.6 is 0 Å². The molecule has 2 aromatic carbocycles. The third-order valence-corrected chi connectivity index (χ3v) is 6.56. The highest BCUT2D eigenvalue weighted by Crippen LogP contribution is 2.32. The third kappa shape index (κ3) is 4.81. The van der Waals surface area contributed by atoms with Gasteiger partial charge in [-0.25, -0.2) is 9.98 Å². The molecule has 194 valence electrons. The molecule has 11 nitrogen and oxygen atoms in total. The van der Waals surface area contributed by atoms with E-state index >= 15 is 0 Å². The van der Waals surface area contributed by atoms with Crippen LogP contribution in [0.5, 0.6) is 0 Å². The molecule has 2 aliphatic rings.